The van der Waals surface area contributed by atoms with E-state index < -0.39 is 0 Å². The molecule has 1 nitrogen and oxygen atoms in total. The molecule has 1 heteroatoms. The second-order valence-electron chi connectivity index (χ2n) is 5.03. The second kappa shape index (κ2) is 13.0. The Balaban J connectivity index is 3.29. The number of nitrogens with one attached hydrogen (secondary N) is 1. The standard InChI is InChI=1S/C15H33N/c1-4-7-9-10-11-12-15(6-3)14-16-13-8-5-2/h15-16H,4-14H2,1-3H3. The van der Waals surface area contributed by atoms with Crippen LogP contribution in [0.25, 0.3) is 0 Å². The van der Waals surface area contributed by atoms with Crippen molar-refractivity contribution in [3.8, 4) is 0 Å². The molecule has 0 saturated heterocycles. The van der Waals surface area contributed by atoms with Crippen LogP contribution in [0.15, 0.2) is 0 Å². The van der Waals surface area contributed by atoms with Gasteiger partial charge in [0.15, 0.2) is 0 Å². The van der Waals surface area contributed by atoms with Gasteiger partial charge in [-0.3, -0.25) is 0 Å². The largest absolute Gasteiger partial charge is 0.316 e. The van der Waals surface area contributed by atoms with E-state index in [1.807, 2.05) is 0 Å². The average molecular weight is 227 g/mol. The highest BCUT2D eigenvalue weighted by atomic mass is 14.8. The van der Waals surface area contributed by atoms with Gasteiger partial charge in [0.2, 0.25) is 0 Å². The van der Waals surface area contributed by atoms with Gasteiger partial charge in [0, 0.05) is 0 Å². The topological polar surface area (TPSA) is 12.0 Å². The fourth-order valence-electron chi connectivity index (χ4n) is 2.10. The van der Waals surface area contributed by atoms with E-state index >= 15 is 0 Å². The summed E-state index contributed by atoms with van der Waals surface area (Å²) in [6, 6.07) is 0. The zero-order valence-electron chi connectivity index (χ0n) is 11.9. The monoisotopic (exact) mass is 227 g/mol. The smallest absolute Gasteiger partial charge is 0.00206 e. The highest BCUT2D eigenvalue weighted by molar-refractivity contribution is 4.61. The molecule has 1 N–H and O–H groups in total. The van der Waals surface area contributed by atoms with Crippen LogP contribution >= 0.6 is 0 Å². The maximum atomic E-state index is 3.59. The Bertz CT molecular complexity index is 123. The van der Waals surface area contributed by atoms with Gasteiger partial charge in [-0.05, 0) is 31.8 Å². The van der Waals surface area contributed by atoms with Crippen molar-refractivity contribution in [1.29, 1.82) is 0 Å². The van der Waals surface area contributed by atoms with E-state index in [0.717, 1.165) is 5.92 Å². The highest BCUT2D eigenvalue weighted by Gasteiger charge is 2.04. The summed E-state index contributed by atoms with van der Waals surface area (Å²) in [5, 5.41) is 3.59. The molecule has 0 amide bonds. The Morgan fingerprint density at radius 1 is 0.812 bits per heavy atom. The molecule has 0 spiro atoms. The van der Waals surface area contributed by atoms with Crippen molar-refractivity contribution in [3.05, 3.63) is 0 Å². The van der Waals surface area contributed by atoms with Crippen molar-refractivity contribution < 1.29 is 0 Å². The van der Waals surface area contributed by atoms with E-state index in [-0.39, 0.29) is 0 Å². The fourth-order valence-corrected chi connectivity index (χ4v) is 2.10. The third-order valence-corrected chi connectivity index (χ3v) is 3.43. The maximum Gasteiger partial charge on any atom is -0.00206 e. The first-order chi connectivity index (χ1) is 7.85. The summed E-state index contributed by atoms with van der Waals surface area (Å²) in [5.41, 5.74) is 0. The lowest BCUT2D eigenvalue weighted by atomic mass is 9.98. The normalized spacial score (nSPS) is 12.9. The molecule has 98 valence electrons. The van der Waals surface area contributed by atoms with Crippen LogP contribution in [0, 0.1) is 5.92 Å². The van der Waals surface area contributed by atoms with Crippen molar-refractivity contribution in [2.24, 2.45) is 5.92 Å². The van der Waals surface area contributed by atoms with Gasteiger partial charge in [0.05, 0.1) is 0 Å². The van der Waals surface area contributed by atoms with Gasteiger partial charge in [0.1, 0.15) is 0 Å². The summed E-state index contributed by atoms with van der Waals surface area (Å²) in [6.45, 7) is 9.32. The number of hydrogen-bond donors (Lipinski definition) is 1. The van der Waals surface area contributed by atoms with Gasteiger partial charge in [-0.2, -0.15) is 0 Å². The molecule has 0 radical (unpaired) electrons. The predicted molar refractivity (Wildman–Crippen MR) is 74.9 cm³/mol. The molecule has 0 aromatic carbocycles. The zero-order valence-corrected chi connectivity index (χ0v) is 11.9. The Morgan fingerprint density at radius 2 is 1.50 bits per heavy atom. The molecule has 0 aliphatic heterocycles. The van der Waals surface area contributed by atoms with Crippen molar-refractivity contribution in [2.75, 3.05) is 13.1 Å². The molecule has 0 rings (SSSR count). The lowest BCUT2D eigenvalue weighted by Gasteiger charge is -2.15. The molecule has 1 unspecified atom stereocenters. The van der Waals surface area contributed by atoms with Crippen LogP contribution in [0.4, 0.5) is 0 Å². The van der Waals surface area contributed by atoms with Crippen LogP contribution in [0.1, 0.15) is 78.6 Å². The van der Waals surface area contributed by atoms with Crippen LogP contribution in [0.2, 0.25) is 0 Å². The summed E-state index contributed by atoms with van der Waals surface area (Å²) in [6.07, 6.45) is 12.5. The van der Waals surface area contributed by atoms with Crippen molar-refractivity contribution in [1.82, 2.24) is 5.32 Å². The lowest BCUT2D eigenvalue weighted by molar-refractivity contribution is 0.410. The minimum atomic E-state index is 0.915. The van der Waals surface area contributed by atoms with E-state index in [0.29, 0.717) is 0 Å². The van der Waals surface area contributed by atoms with Crippen LogP contribution < -0.4 is 5.32 Å². The molecule has 0 aliphatic carbocycles. The highest BCUT2D eigenvalue weighted by Crippen LogP contribution is 2.13. The minimum absolute atomic E-state index is 0.915. The summed E-state index contributed by atoms with van der Waals surface area (Å²) in [5.74, 6) is 0.915. The SMILES string of the molecule is CCCCCCCC(CC)CNCCCC. The van der Waals surface area contributed by atoms with Crippen LogP contribution in [0.5, 0.6) is 0 Å². The first-order valence-corrected chi connectivity index (χ1v) is 7.55. The van der Waals surface area contributed by atoms with E-state index in [1.165, 1.54) is 70.9 Å². The molecule has 1 atom stereocenters. The Morgan fingerprint density at radius 3 is 2.12 bits per heavy atom. The van der Waals surface area contributed by atoms with Gasteiger partial charge in [-0.1, -0.05) is 65.7 Å². The molecular weight excluding hydrogens is 194 g/mol. The Hall–Kier alpha value is -0.0400. The summed E-state index contributed by atoms with van der Waals surface area (Å²) < 4.78 is 0. The lowest BCUT2D eigenvalue weighted by Crippen LogP contribution is -2.23. The van der Waals surface area contributed by atoms with E-state index in [1.54, 1.807) is 0 Å². The molecule has 0 bridgehead atoms. The van der Waals surface area contributed by atoms with E-state index in [4.69, 9.17) is 0 Å². The molecular formula is C15H33N. The van der Waals surface area contributed by atoms with Gasteiger partial charge in [-0.15, -0.1) is 0 Å². The zero-order chi connectivity index (χ0) is 12.1. The minimum Gasteiger partial charge on any atom is -0.316 e. The molecule has 0 aromatic rings. The quantitative estimate of drug-likeness (QED) is 0.474. The number of hydrogen-bond acceptors (Lipinski definition) is 1. The van der Waals surface area contributed by atoms with Crippen LogP contribution in [0.3, 0.4) is 0 Å². The molecule has 0 saturated carbocycles. The second-order valence-corrected chi connectivity index (χ2v) is 5.03. The molecule has 16 heavy (non-hydrogen) atoms. The summed E-state index contributed by atoms with van der Waals surface area (Å²) in [7, 11) is 0. The third kappa shape index (κ3) is 10.5. The molecule has 0 fully saturated rings. The van der Waals surface area contributed by atoms with Crippen LogP contribution in [-0.4, -0.2) is 13.1 Å². The van der Waals surface area contributed by atoms with Crippen molar-refractivity contribution in [3.63, 3.8) is 0 Å². The molecule has 0 aromatic heterocycles. The van der Waals surface area contributed by atoms with Crippen molar-refractivity contribution >= 4 is 0 Å². The van der Waals surface area contributed by atoms with Crippen LogP contribution in [-0.2, 0) is 0 Å². The number of unbranched alkanes of at least 4 members (excludes halogenated alkanes) is 5. The van der Waals surface area contributed by atoms with Crippen molar-refractivity contribution in [2.45, 2.75) is 78.6 Å². The molecule has 0 heterocycles. The van der Waals surface area contributed by atoms with Gasteiger partial charge in [0.25, 0.3) is 0 Å². The predicted octanol–water partition coefficient (Wildman–Crippen LogP) is 4.76. The maximum absolute atomic E-state index is 3.59. The fraction of sp³-hybridized carbons (Fsp3) is 1.00. The summed E-state index contributed by atoms with van der Waals surface area (Å²) >= 11 is 0. The first-order valence-electron chi connectivity index (χ1n) is 7.55. The van der Waals surface area contributed by atoms with E-state index in [9.17, 15) is 0 Å². The van der Waals surface area contributed by atoms with Gasteiger partial charge in [-0.25, -0.2) is 0 Å². The molecule has 0 aliphatic rings. The Kier molecular flexibility index (Phi) is 13.0. The Labute approximate surface area is 103 Å². The number of rotatable bonds is 12. The summed E-state index contributed by atoms with van der Waals surface area (Å²) in [4.78, 5) is 0. The third-order valence-electron chi connectivity index (χ3n) is 3.43. The van der Waals surface area contributed by atoms with E-state index in [2.05, 4.69) is 26.1 Å². The average Bonchev–Trinajstić information content (AvgIpc) is 2.31. The van der Waals surface area contributed by atoms with Gasteiger partial charge >= 0.3 is 0 Å². The first kappa shape index (κ1) is 16.0. The van der Waals surface area contributed by atoms with Gasteiger partial charge < -0.3 is 5.32 Å².